The highest BCUT2D eigenvalue weighted by Gasteiger charge is 2.32. The number of thiophene rings is 1. The number of nitrogens with two attached hydrogens (primary N) is 1. The fourth-order valence-corrected chi connectivity index (χ4v) is 6.43. The average molecular weight is 673 g/mol. The molecule has 1 aromatic carbocycles. The number of fused-ring (bicyclic) bond motifs is 3. The molecule has 1 aliphatic heterocycles. The Bertz CT molecular complexity index is 1940. The second-order valence-corrected chi connectivity index (χ2v) is 12.3. The second-order valence-electron chi connectivity index (χ2n) is 10.7. The molecule has 0 spiro atoms. The van der Waals surface area contributed by atoms with Gasteiger partial charge in [-0.1, -0.05) is 35.6 Å². The molecule has 2 amide bonds. The molecule has 3 aromatic heterocycles. The minimum atomic E-state index is -0.683. The third-order valence-corrected chi connectivity index (χ3v) is 8.95. The van der Waals surface area contributed by atoms with E-state index in [0.29, 0.717) is 28.7 Å². The molecule has 4 aromatic rings. The van der Waals surface area contributed by atoms with Crippen molar-refractivity contribution in [3.8, 4) is 16.8 Å². The molecule has 4 N–H and O–H groups in total. The maximum Gasteiger partial charge on any atom is 0.358 e. The predicted molar refractivity (Wildman–Crippen MR) is 180 cm³/mol. The van der Waals surface area contributed by atoms with Gasteiger partial charge in [0.15, 0.2) is 11.5 Å². The van der Waals surface area contributed by atoms with Crippen molar-refractivity contribution in [2.45, 2.75) is 46.1 Å². The fraction of sp³-hybridized carbons (Fsp3) is 0.303. The Morgan fingerprint density at radius 2 is 1.85 bits per heavy atom. The van der Waals surface area contributed by atoms with Crippen LogP contribution in [0.3, 0.4) is 0 Å². The van der Waals surface area contributed by atoms with Gasteiger partial charge in [-0.25, -0.2) is 9.78 Å². The molecule has 0 saturated carbocycles. The predicted octanol–water partition coefficient (Wildman–Crippen LogP) is 4.22. The van der Waals surface area contributed by atoms with E-state index in [2.05, 4.69) is 51.5 Å². The SMILES string of the molecule is COC(=O)c1nc(NC(=O)CCCNC(=O)C[C@@H]2N=C(c3ccc(Cl)cc3)c3c(sc(C)c3C)-n3c(C)nnc32)ccc1C#CCN. The first-order chi connectivity index (χ1) is 22.6. The van der Waals surface area contributed by atoms with Crippen LogP contribution in [0.25, 0.3) is 5.00 Å². The van der Waals surface area contributed by atoms with Crippen LogP contribution in [0.5, 0.6) is 0 Å². The Morgan fingerprint density at radius 3 is 2.57 bits per heavy atom. The van der Waals surface area contributed by atoms with Gasteiger partial charge in [-0.3, -0.25) is 19.1 Å². The van der Waals surface area contributed by atoms with E-state index in [1.54, 1.807) is 23.5 Å². The lowest BCUT2D eigenvalue weighted by molar-refractivity contribution is -0.122. The topological polar surface area (TPSA) is 166 Å². The molecule has 242 valence electrons. The lowest BCUT2D eigenvalue weighted by Gasteiger charge is -2.13. The largest absolute Gasteiger partial charge is 0.464 e. The quantitative estimate of drug-likeness (QED) is 0.135. The number of methoxy groups -OCH3 is 1. The Morgan fingerprint density at radius 1 is 1.09 bits per heavy atom. The molecule has 1 atom stereocenters. The number of rotatable bonds is 9. The van der Waals surface area contributed by atoms with Gasteiger partial charge in [-0.05, 0) is 57.0 Å². The highest BCUT2D eigenvalue weighted by molar-refractivity contribution is 7.15. The van der Waals surface area contributed by atoms with Crippen molar-refractivity contribution in [1.29, 1.82) is 0 Å². The Hall–Kier alpha value is -4.90. The minimum Gasteiger partial charge on any atom is -0.464 e. The zero-order chi connectivity index (χ0) is 33.7. The maximum absolute atomic E-state index is 13.2. The van der Waals surface area contributed by atoms with Crippen LogP contribution < -0.4 is 16.4 Å². The van der Waals surface area contributed by atoms with Gasteiger partial charge in [0, 0.05) is 34.0 Å². The number of anilines is 1. The van der Waals surface area contributed by atoms with Crippen LogP contribution in [0.15, 0.2) is 41.4 Å². The molecule has 0 bridgehead atoms. The molecule has 0 radical (unpaired) electrons. The molecule has 0 fully saturated rings. The number of amides is 2. The summed E-state index contributed by atoms with van der Waals surface area (Å²) in [4.78, 5) is 48.4. The van der Waals surface area contributed by atoms with Crippen molar-refractivity contribution >= 4 is 52.3 Å². The summed E-state index contributed by atoms with van der Waals surface area (Å²) in [6.07, 6.45) is 0.517. The van der Waals surface area contributed by atoms with Gasteiger partial charge in [0.2, 0.25) is 11.8 Å². The van der Waals surface area contributed by atoms with E-state index in [4.69, 9.17) is 27.1 Å². The highest BCUT2D eigenvalue weighted by Crippen LogP contribution is 2.39. The van der Waals surface area contributed by atoms with Crippen molar-refractivity contribution in [2.75, 3.05) is 25.5 Å². The number of esters is 1. The lowest BCUT2D eigenvalue weighted by atomic mass is 9.99. The number of nitrogens with one attached hydrogen (secondary N) is 2. The Balaban J connectivity index is 1.25. The molecule has 1 aliphatic rings. The van der Waals surface area contributed by atoms with Crippen molar-refractivity contribution in [3.05, 3.63) is 85.9 Å². The highest BCUT2D eigenvalue weighted by atomic mass is 35.5. The summed E-state index contributed by atoms with van der Waals surface area (Å²) in [7, 11) is 1.23. The number of benzene rings is 1. The van der Waals surface area contributed by atoms with E-state index < -0.39 is 12.0 Å². The van der Waals surface area contributed by atoms with Gasteiger partial charge in [-0.15, -0.1) is 21.5 Å². The number of hydrogen-bond donors (Lipinski definition) is 3. The normalized spacial score (nSPS) is 13.3. The molecule has 12 nitrogen and oxygen atoms in total. The minimum absolute atomic E-state index is 0.0229. The van der Waals surface area contributed by atoms with Gasteiger partial charge >= 0.3 is 5.97 Å². The van der Waals surface area contributed by atoms with Gasteiger partial charge < -0.3 is 21.1 Å². The monoisotopic (exact) mass is 672 g/mol. The number of carbonyl (C=O) groups is 3. The van der Waals surface area contributed by atoms with Gasteiger partial charge in [-0.2, -0.15) is 0 Å². The number of aryl methyl sites for hydroxylation is 2. The van der Waals surface area contributed by atoms with Crippen LogP contribution in [0, 0.1) is 32.6 Å². The summed E-state index contributed by atoms with van der Waals surface area (Å²) in [6, 6.07) is 10.0. The Labute approximate surface area is 280 Å². The first-order valence-corrected chi connectivity index (χ1v) is 16.0. The van der Waals surface area contributed by atoms with Crippen LogP contribution in [0.2, 0.25) is 5.02 Å². The van der Waals surface area contributed by atoms with Crippen molar-refractivity contribution in [3.63, 3.8) is 0 Å². The number of ether oxygens (including phenoxy) is 1. The van der Waals surface area contributed by atoms with Crippen LogP contribution in [-0.4, -0.2) is 63.4 Å². The zero-order valence-electron chi connectivity index (χ0n) is 26.3. The summed E-state index contributed by atoms with van der Waals surface area (Å²) < 4.78 is 6.77. The molecule has 0 aliphatic carbocycles. The van der Waals surface area contributed by atoms with E-state index in [-0.39, 0.29) is 49.3 Å². The Kier molecular flexibility index (Phi) is 10.5. The summed E-state index contributed by atoms with van der Waals surface area (Å²) in [5.74, 6) is 5.66. The molecule has 0 saturated heterocycles. The van der Waals surface area contributed by atoms with Crippen LogP contribution >= 0.6 is 22.9 Å². The molecular weight excluding hydrogens is 640 g/mol. The molecule has 0 unspecified atom stereocenters. The first kappa shape index (κ1) is 33.5. The van der Waals surface area contributed by atoms with Crippen LogP contribution in [0.1, 0.15) is 74.6 Å². The van der Waals surface area contributed by atoms with Crippen molar-refractivity contribution < 1.29 is 19.1 Å². The van der Waals surface area contributed by atoms with Crippen LogP contribution in [-0.2, 0) is 14.3 Å². The van der Waals surface area contributed by atoms with E-state index in [1.165, 1.54) is 7.11 Å². The molecule has 47 heavy (non-hydrogen) atoms. The fourth-order valence-electron chi connectivity index (χ4n) is 5.09. The van der Waals surface area contributed by atoms with E-state index in [1.807, 2.05) is 35.8 Å². The number of carbonyl (C=O) groups excluding carboxylic acids is 3. The molecular formula is C33H33ClN8O4S. The summed E-state index contributed by atoms with van der Waals surface area (Å²) >= 11 is 7.83. The standard InChI is InChI=1S/C33H33ClN8O4S/c1-18-19(2)47-32-28(18)29(22-9-12-23(34)13-10-22)37-24(31-41-40-20(3)42(31)32)17-27(44)36-16-6-8-26(43)38-25-14-11-21(7-5-15-35)30(39-25)33(45)46-4/h9-14,24H,6,8,15-17,35H2,1-4H3,(H,36,44)(H,38,39,43)/t24-/m0/s1. The zero-order valence-corrected chi connectivity index (χ0v) is 27.9. The number of hydrogen-bond acceptors (Lipinski definition) is 10. The summed E-state index contributed by atoms with van der Waals surface area (Å²) in [5.41, 5.74) is 9.49. The third-order valence-electron chi connectivity index (χ3n) is 7.51. The van der Waals surface area contributed by atoms with Crippen LogP contribution in [0.4, 0.5) is 5.82 Å². The third kappa shape index (κ3) is 7.41. The average Bonchev–Trinajstić information content (AvgIpc) is 3.54. The second kappa shape index (κ2) is 14.7. The lowest BCUT2D eigenvalue weighted by Crippen LogP contribution is -2.27. The number of nitrogens with zero attached hydrogens (tertiary/aromatic N) is 5. The van der Waals surface area contributed by atoms with Gasteiger partial charge in [0.1, 0.15) is 22.7 Å². The maximum atomic E-state index is 13.2. The van der Waals surface area contributed by atoms with Crippen molar-refractivity contribution in [2.24, 2.45) is 10.7 Å². The van der Waals surface area contributed by atoms with Gasteiger partial charge in [0.25, 0.3) is 0 Å². The molecule has 4 heterocycles. The summed E-state index contributed by atoms with van der Waals surface area (Å²) in [5, 5.41) is 15.9. The van der Waals surface area contributed by atoms with Gasteiger partial charge in [0.05, 0.1) is 31.4 Å². The van der Waals surface area contributed by atoms with E-state index >= 15 is 0 Å². The first-order valence-electron chi connectivity index (χ1n) is 14.8. The summed E-state index contributed by atoms with van der Waals surface area (Å²) in [6.45, 7) is 6.41. The number of aromatic nitrogens is 4. The van der Waals surface area contributed by atoms with E-state index in [0.717, 1.165) is 32.3 Å². The number of halogens is 1. The molecule has 5 rings (SSSR count). The number of pyridine rings is 1. The van der Waals surface area contributed by atoms with Crippen molar-refractivity contribution in [1.82, 2.24) is 25.1 Å². The smallest absolute Gasteiger partial charge is 0.358 e. The number of aliphatic imine (C=N–C) groups is 1. The molecule has 14 heteroatoms. The van der Waals surface area contributed by atoms with E-state index in [9.17, 15) is 14.4 Å².